The first-order valence-corrected chi connectivity index (χ1v) is 13.8. The van der Waals surface area contributed by atoms with Crippen LogP contribution < -0.4 is 21.7 Å². The second-order valence-electron chi connectivity index (χ2n) is 10.3. The van der Waals surface area contributed by atoms with Crippen LogP contribution in [0.5, 0.6) is 0 Å². The zero-order valence-electron chi connectivity index (χ0n) is 20.2. The van der Waals surface area contributed by atoms with Gasteiger partial charge in [0, 0.05) is 12.5 Å². The fourth-order valence-electron chi connectivity index (χ4n) is 5.37. The van der Waals surface area contributed by atoms with Crippen LogP contribution in [-0.2, 0) is 4.43 Å². The van der Waals surface area contributed by atoms with Crippen LogP contribution in [0.3, 0.4) is 0 Å². The SMILES string of the molecule is CC(C)(C)[Si](OC[C@H]1C[C@@H](n2cnc3nc(N)[nH]c(=O)c32)[C@@H]1O)(c1ccccc1)c1ccccc1. The third-order valence-corrected chi connectivity index (χ3v) is 12.2. The van der Waals surface area contributed by atoms with Gasteiger partial charge in [0.1, 0.15) is 0 Å². The summed E-state index contributed by atoms with van der Waals surface area (Å²) in [6, 6.07) is 20.7. The lowest BCUT2D eigenvalue weighted by Crippen LogP contribution is -2.67. The summed E-state index contributed by atoms with van der Waals surface area (Å²) in [5.41, 5.74) is 5.89. The third-order valence-electron chi connectivity index (χ3n) is 7.17. The van der Waals surface area contributed by atoms with Gasteiger partial charge in [0.05, 0.1) is 18.5 Å². The van der Waals surface area contributed by atoms with E-state index in [0.717, 1.165) is 0 Å². The Morgan fingerprint density at radius 2 is 1.71 bits per heavy atom. The van der Waals surface area contributed by atoms with Crippen LogP contribution in [0.25, 0.3) is 11.2 Å². The first-order chi connectivity index (χ1) is 16.7. The van der Waals surface area contributed by atoms with E-state index in [2.05, 4.69) is 84.3 Å². The number of nitrogen functional groups attached to an aromatic ring is 1. The van der Waals surface area contributed by atoms with Gasteiger partial charge in [-0.1, -0.05) is 81.4 Å². The minimum Gasteiger partial charge on any atom is -0.407 e. The lowest BCUT2D eigenvalue weighted by atomic mass is 9.77. The average molecular weight is 490 g/mol. The Balaban J connectivity index is 1.43. The number of H-pyrrole nitrogens is 1. The molecule has 4 aromatic rings. The zero-order chi connectivity index (χ0) is 24.8. The van der Waals surface area contributed by atoms with Crippen LogP contribution >= 0.6 is 0 Å². The Morgan fingerprint density at radius 3 is 2.26 bits per heavy atom. The van der Waals surface area contributed by atoms with Crippen molar-refractivity contribution in [1.82, 2.24) is 19.5 Å². The number of benzene rings is 2. The Labute approximate surface area is 204 Å². The largest absolute Gasteiger partial charge is 0.407 e. The van der Waals surface area contributed by atoms with Crippen molar-refractivity contribution in [2.45, 2.75) is 44.4 Å². The van der Waals surface area contributed by atoms with Gasteiger partial charge in [0.2, 0.25) is 5.95 Å². The molecule has 35 heavy (non-hydrogen) atoms. The summed E-state index contributed by atoms with van der Waals surface area (Å²) in [7, 11) is -2.68. The first kappa shape index (κ1) is 23.5. The predicted molar refractivity (Wildman–Crippen MR) is 139 cm³/mol. The molecule has 0 bridgehead atoms. The summed E-state index contributed by atoms with van der Waals surface area (Å²) in [4.78, 5) is 23.3. The molecule has 2 aromatic carbocycles. The maximum Gasteiger partial charge on any atom is 0.278 e. The number of rotatable bonds is 6. The van der Waals surface area contributed by atoms with E-state index in [0.29, 0.717) is 18.5 Å². The summed E-state index contributed by atoms with van der Waals surface area (Å²) >= 11 is 0. The number of aromatic nitrogens is 4. The van der Waals surface area contributed by atoms with E-state index in [1.165, 1.54) is 10.4 Å². The maximum atomic E-state index is 12.5. The van der Waals surface area contributed by atoms with Gasteiger partial charge in [-0.05, 0) is 21.8 Å². The molecule has 1 saturated carbocycles. The molecular formula is C26H31N5O3Si. The van der Waals surface area contributed by atoms with Crippen molar-refractivity contribution in [2.24, 2.45) is 5.92 Å². The topological polar surface area (TPSA) is 119 Å². The number of fused-ring (bicyclic) bond motifs is 1. The molecule has 8 nitrogen and oxygen atoms in total. The second kappa shape index (κ2) is 8.74. The number of aliphatic hydroxyl groups excluding tert-OH is 1. The molecule has 0 spiro atoms. The third kappa shape index (κ3) is 3.89. The average Bonchev–Trinajstić information content (AvgIpc) is 3.24. The molecule has 4 N–H and O–H groups in total. The number of nitrogens with two attached hydrogens (primary N) is 1. The van der Waals surface area contributed by atoms with E-state index in [4.69, 9.17) is 10.2 Å². The minimum atomic E-state index is -2.68. The minimum absolute atomic E-state index is 0.0264. The molecule has 3 atom stereocenters. The number of hydrogen-bond acceptors (Lipinski definition) is 6. The van der Waals surface area contributed by atoms with Crippen molar-refractivity contribution >= 4 is 35.8 Å². The smallest absolute Gasteiger partial charge is 0.278 e. The first-order valence-electron chi connectivity index (χ1n) is 11.9. The van der Waals surface area contributed by atoms with Crippen LogP contribution in [0.1, 0.15) is 33.2 Å². The van der Waals surface area contributed by atoms with Crippen molar-refractivity contribution in [3.8, 4) is 0 Å². The highest BCUT2D eigenvalue weighted by molar-refractivity contribution is 6.99. The molecule has 0 amide bonds. The standard InChI is InChI=1S/C26H31N5O3Si/c1-26(2,3)35(18-10-6-4-7-11-18,19-12-8-5-9-13-19)34-15-17-14-20(22(17)32)31-16-28-23-21(31)24(33)30-25(27)29-23/h4-13,16-17,20,22,32H,14-15H2,1-3H3,(H3,27,29,30,33)/t17-,20-,22-/m1/s1. The van der Waals surface area contributed by atoms with E-state index in [1.54, 1.807) is 10.9 Å². The quantitative estimate of drug-likeness (QED) is 0.357. The van der Waals surface area contributed by atoms with Gasteiger partial charge in [0.15, 0.2) is 11.2 Å². The lowest BCUT2D eigenvalue weighted by molar-refractivity contribution is -0.0519. The predicted octanol–water partition coefficient (Wildman–Crippen LogP) is 2.20. The molecule has 0 saturated heterocycles. The monoisotopic (exact) mass is 489 g/mol. The Hall–Kier alpha value is -3.27. The molecule has 0 unspecified atom stereocenters. The summed E-state index contributed by atoms with van der Waals surface area (Å²) in [6.45, 7) is 7.14. The number of imidazole rings is 1. The molecule has 2 heterocycles. The zero-order valence-corrected chi connectivity index (χ0v) is 21.2. The number of nitrogens with one attached hydrogen (secondary N) is 1. The van der Waals surface area contributed by atoms with Crippen LogP contribution in [0.4, 0.5) is 5.95 Å². The van der Waals surface area contributed by atoms with Gasteiger partial charge in [-0.25, -0.2) is 4.98 Å². The lowest BCUT2D eigenvalue weighted by Gasteiger charge is -2.47. The van der Waals surface area contributed by atoms with Crippen molar-refractivity contribution in [3.63, 3.8) is 0 Å². The van der Waals surface area contributed by atoms with Gasteiger partial charge in [-0.15, -0.1) is 0 Å². The van der Waals surface area contributed by atoms with Crippen LogP contribution in [0.2, 0.25) is 5.04 Å². The van der Waals surface area contributed by atoms with Crippen molar-refractivity contribution in [1.29, 1.82) is 0 Å². The van der Waals surface area contributed by atoms with Crippen LogP contribution in [0, 0.1) is 5.92 Å². The number of aromatic amines is 1. The molecule has 2 aromatic heterocycles. The van der Waals surface area contributed by atoms with Gasteiger partial charge in [0.25, 0.3) is 13.9 Å². The van der Waals surface area contributed by atoms with E-state index in [9.17, 15) is 9.90 Å². The molecular weight excluding hydrogens is 458 g/mol. The highest BCUT2D eigenvalue weighted by Crippen LogP contribution is 2.42. The number of anilines is 1. The van der Waals surface area contributed by atoms with E-state index in [1.807, 2.05) is 12.1 Å². The molecule has 1 fully saturated rings. The van der Waals surface area contributed by atoms with Gasteiger partial charge < -0.3 is 19.8 Å². The second-order valence-corrected chi connectivity index (χ2v) is 14.6. The summed E-state index contributed by atoms with van der Waals surface area (Å²) in [5, 5.41) is 13.4. The van der Waals surface area contributed by atoms with Gasteiger partial charge >= 0.3 is 0 Å². The van der Waals surface area contributed by atoms with Crippen LogP contribution in [0.15, 0.2) is 71.8 Å². The Kier molecular flexibility index (Phi) is 5.86. The number of aliphatic hydroxyl groups is 1. The van der Waals surface area contributed by atoms with E-state index >= 15 is 0 Å². The highest BCUT2D eigenvalue weighted by Gasteiger charge is 2.52. The molecule has 5 rings (SSSR count). The fourth-order valence-corrected chi connectivity index (χ4v) is 9.99. The molecule has 9 heteroatoms. The van der Waals surface area contributed by atoms with Crippen LogP contribution in [-0.4, -0.2) is 45.7 Å². The fraction of sp³-hybridized carbons (Fsp3) is 0.346. The molecule has 182 valence electrons. The Bertz CT molecular complexity index is 1340. The molecule has 0 aliphatic heterocycles. The van der Waals surface area contributed by atoms with E-state index in [-0.39, 0.29) is 34.2 Å². The Morgan fingerprint density at radius 1 is 1.11 bits per heavy atom. The van der Waals surface area contributed by atoms with Crippen molar-refractivity contribution in [3.05, 3.63) is 77.3 Å². The highest BCUT2D eigenvalue weighted by atomic mass is 28.4. The number of hydrogen-bond donors (Lipinski definition) is 3. The normalized spacial score (nSPS) is 20.6. The van der Waals surface area contributed by atoms with Gasteiger partial charge in [-0.2, -0.15) is 4.98 Å². The van der Waals surface area contributed by atoms with Crippen molar-refractivity contribution in [2.75, 3.05) is 12.3 Å². The van der Waals surface area contributed by atoms with Gasteiger partial charge in [-0.3, -0.25) is 9.78 Å². The number of nitrogens with zero attached hydrogens (tertiary/aromatic N) is 3. The summed E-state index contributed by atoms with van der Waals surface area (Å²) < 4.78 is 8.70. The molecule has 0 radical (unpaired) electrons. The molecule has 1 aliphatic carbocycles. The van der Waals surface area contributed by atoms with E-state index < -0.39 is 14.4 Å². The summed E-state index contributed by atoms with van der Waals surface area (Å²) in [5.74, 6) is -0.0293. The summed E-state index contributed by atoms with van der Waals surface area (Å²) in [6.07, 6.45) is 1.57. The molecule has 1 aliphatic rings. The maximum absolute atomic E-state index is 12.5. The van der Waals surface area contributed by atoms with Crippen molar-refractivity contribution < 1.29 is 9.53 Å².